The summed E-state index contributed by atoms with van der Waals surface area (Å²) in [6.07, 6.45) is 3.60. The number of carbonyl (C=O) groups is 1. The van der Waals surface area contributed by atoms with Crippen LogP contribution in [0, 0.1) is 18.3 Å². The fourth-order valence-electron chi connectivity index (χ4n) is 2.24. The third kappa shape index (κ3) is 4.20. The number of hydrogen-bond acceptors (Lipinski definition) is 3. The molecule has 2 amide bonds. The van der Waals surface area contributed by atoms with Crippen molar-refractivity contribution in [2.45, 2.75) is 38.6 Å². The summed E-state index contributed by atoms with van der Waals surface area (Å²) in [6, 6.07) is 7.56. The quantitative estimate of drug-likeness (QED) is 0.790. The van der Waals surface area contributed by atoms with Gasteiger partial charge in [-0.2, -0.15) is 5.26 Å². The second-order valence-electron chi connectivity index (χ2n) is 5.43. The highest BCUT2D eigenvalue weighted by Crippen LogP contribution is 2.28. The van der Waals surface area contributed by atoms with Gasteiger partial charge in [0.15, 0.2) is 0 Å². The lowest BCUT2D eigenvalue weighted by Gasteiger charge is -2.23. The molecule has 1 aliphatic rings. The molecule has 1 saturated carbocycles. The number of nitriles is 1. The van der Waals surface area contributed by atoms with Crippen LogP contribution in [0.2, 0.25) is 0 Å². The summed E-state index contributed by atoms with van der Waals surface area (Å²) >= 11 is 0. The maximum absolute atomic E-state index is 12.4. The zero-order valence-electron chi connectivity index (χ0n) is 12.3. The van der Waals surface area contributed by atoms with E-state index >= 15 is 0 Å². The van der Waals surface area contributed by atoms with Crippen LogP contribution in [-0.2, 0) is 0 Å². The van der Waals surface area contributed by atoms with Gasteiger partial charge in [-0.1, -0.05) is 6.07 Å². The van der Waals surface area contributed by atoms with Gasteiger partial charge in [-0.05, 0) is 50.3 Å². The Morgan fingerprint density at radius 1 is 1.48 bits per heavy atom. The number of unbranched alkanes of at least 4 members (excludes halogenated alkanes) is 1. The molecule has 1 fully saturated rings. The lowest BCUT2D eigenvalue weighted by Crippen LogP contribution is -2.37. The van der Waals surface area contributed by atoms with E-state index in [4.69, 9.17) is 10.4 Å². The normalized spacial score (nSPS) is 13.6. The Labute approximate surface area is 125 Å². The SMILES string of the molecule is Cc1ccc(C#N)cc1NC(=O)N(CCCCO)C1CC1. The topological polar surface area (TPSA) is 76.4 Å². The third-order valence-corrected chi connectivity index (χ3v) is 3.66. The van der Waals surface area contributed by atoms with Crippen LogP contribution in [0.4, 0.5) is 10.5 Å². The van der Waals surface area contributed by atoms with Gasteiger partial charge in [0.1, 0.15) is 0 Å². The zero-order valence-corrected chi connectivity index (χ0v) is 12.3. The molecule has 0 atom stereocenters. The summed E-state index contributed by atoms with van der Waals surface area (Å²) < 4.78 is 0. The van der Waals surface area contributed by atoms with Gasteiger partial charge < -0.3 is 15.3 Å². The summed E-state index contributed by atoms with van der Waals surface area (Å²) in [7, 11) is 0. The number of aliphatic hydroxyl groups is 1. The van der Waals surface area contributed by atoms with E-state index in [0.29, 0.717) is 30.3 Å². The molecule has 112 valence electrons. The number of hydrogen-bond donors (Lipinski definition) is 2. The van der Waals surface area contributed by atoms with Crippen LogP contribution >= 0.6 is 0 Å². The van der Waals surface area contributed by atoms with Crippen LogP contribution in [0.3, 0.4) is 0 Å². The molecule has 0 heterocycles. The van der Waals surface area contributed by atoms with Crippen molar-refractivity contribution < 1.29 is 9.90 Å². The first-order chi connectivity index (χ1) is 10.2. The molecule has 2 rings (SSSR count). The monoisotopic (exact) mass is 287 g/mol. The van der Waals surface area contributed by atoms with Gasteiger partial charge in [0.05, 0.1) is 11.6 Å². The summed E-state index contributed by atoms with van der Waals surface area (Å²) in [5.41, 5.74) is 2.16. The minimum atomic E-state index is -0.117. The molecule has 0 spiro atoms. The fraction of sp³-hybridized carbons (Fsp3) is 0.500. The first-order valence-electron chi connectivity index (χ1n) is 7.35. The molecule has 1 aromatic rings. The molecule has 5 nitrogen and oxygen atoms in total. The van der Waals surface area contributed by atoms with E-state index in [1.807, 2.05) is 17.9 Å². The van der Waals surface area contributed by atoms with E-state index in [9.17, 15) is 4.79 Å². The second-order valence-corrected chi connectivity index (χ2v) is 5.43. The predicted molar refractivity (Wildman–Crippen MR) is 81.0 cm³/mol. The highest BCUT2D eigenvalue weighted by atomic mass is 16.3. The largest absolute Gasteiger partial charge is 0.396 e. The molecule has 1 aromatic carbocycles. The van der Waals surface area contributed by atoms with Gasteiger partial charge in [-0.3, -0.25) is 0 Å². The number of aryl methyl sites for hydroxylation is 1. The number of aliphatic hydroxyl groups excluding tert-OH is 1. The molecular formula is C16H21N3O2. The highest BCUT2D eigenvalue weighted by Gasteiger charge is 2.32. The number of benzene rings is 1. The predicted octanol–water partition coefficient (Wildman–Crippen LogP) is 2.64. The Hall–Kier alpha value is -2.06. The van der Waals surface area contributed by atoms with E-state index in [-0.39, 0.29) is 12.6 Å². The Kier molecular flexibility index (Phi) is 5.18. The Morgan fingerprint density at radius 3 is 2.86 bits per heavy atom. The number of carbonyl (C=O) groups excluding carboxylic acids is 1. The lowest BCUT2D eigenvalue weighted by molar-refractivity contribution is 0.204. The standard InChI is InChI=1S/C16H21N3O2/c1-12-4-5-13(11-17)10-15(12)18-16(21)19(14-6-7-14)8-2-3-9-20/h4-5,10,14,20H,2-3,6-9H2,1H3,(H,18,21). The van der Waals surface area contributed by atoms with E-state index in [0.717, 1.165) is 24.8 Å². The first kappa shape index (κ1) is 15.3. The molecule has 0 radical (unpaired) electrons. The van der Waals surface area contributed by atoms with Crippen molar-refractivity contribution in [2.75, 3.05) is 18.5 Å². The van der Waals surface area contributed by atoms with Crippen LogP contribution in [-0.4, -0.2) is 35.2 Å². The van der Waals surface area contributed by atoms with E-state index in [1.165, 1.54) is 0 Å². The molecule has 0 saturated heterocycles. The third-order valence-electron chi connectivity index (χ3n) is 3.66. The number of nitrogens with zero attached hydrogens (tertiary/aromatic N) is 2. The van der Waals surface area contributed by atoms with E-state index < -0.39 is 0 Å². The number of rotatable bonds is 6. The Balaban J connectivity index is 2.03. The molecule has 2 N–H and O–H groups in total. The van der Waals surface area contributed by atoms with Crippen LogP contribution in [0.5, 0.6) is 0 Å². The summed E-state index contributed by atoms with van der Waals surface area (Å²) in [6.45, 7) is 2.72. The molecule has 0 bridgehead atoms. The molecule has 21 heavy (non-hydrogen) atoms. The van der Waals surface area contributed by atoms with Crippen LogP contribution in [0.1, 0.15) is 36.8 Å². The summed E-state index contributed by atoms with van der Waals surface area (Å²) in [5, 5.41) is 20.7. The fourth-order valence-corrected chi connectivity index (χ4v) is 2.24. The number of anilines is 1. The number of amides is 2. The van der Waals surface area contributed by atoms with Crippen LogP contribution < -0.4 is 5.32 Å². The number of urea groups is 1. The maximum atomic E-state index is 12.4. The summed E-state index contributed by atoms with van der Waals surface area (Å²) in [4.78, 5) is 14.3. The van der Waals surface area contributed by atoms with Crippen LogP contribution in [0.15, 0.2) is 18.2 Å². The van der Waals surface area contributed by atoms with Gasteiger partial charge in [-0.25, -0.2) is 4.79 Å². The smallest absolute Gasteiger partial charge is 0.322 e. The average Bonchev–Trinajstić information content (AvgIpc) is 3.30. The van der Waals surface area contributed by atoms with Gasteiger partial charge >= 0.3 is 6.03 Å². The molecule has 0 unspecified atom stereocenters. The zero-order chi connectivity index (χ0) is 15.2. The number of nitrogens with one attached hydrogen (secondary N) is 1. The first-order valence-corrected chi connectivity index (χ1v) is 7.35. The van der Waals surface area contributed by atoms with Crippen LogP contribution in [0.25, 0.3) is 0 Å². The molecule has 0 aromatic heterocycles. The van der Waals surface area contributed by atoms with Gasteiger partial charge in [0, 0.05) is 24.9 Å². The van der Waals surface area contributed by atoms with Gasteiger partial charge in [0.25, 0.3) is 0 Å². The van der Waals surface area contributed by atoms with Gasteiger partial charge in [0.2, 0.25) is 0 Å². The maximum Gasteiger partial charge on any atom is 0.322 e. The van der Waals surface area contributed by atoms with Crippen molar-refractivity contribution in [1.29, 1.82) is 5.26 Å². The van der Waals surface area contributed by atoms with E-state index in [1.54, 1.807) is 12.1 Å². The van der Waals surface area contributed by atoms with Crippen molar-refractivity contribution in [3.63, 3.8) is 0 Å². The van der Waals surface area contributed by atoms with Crippen molar-refractivity contribution >= 4 is 11.7 Å². The summed E-state index contributed by atoms with van der Waals surface area (Å²) in [5.74, 6) is 0. The Morgan fingerprint density at radius 2 is 2.24 bits per heavy atom. The van der Waals surface area contributed by atoms with E-state index in [2.05, 4.69) is 11.4 Å². The van der Waals surface area contributed by atoms with Crippen molar-refractivity contribution in [3.05, 3.63) is 29.3 Å². The molecule has 0 aliphatic heterocycles. The average molecular weight is 287 g/mol. The second kappa shape index (κ2) is 7.09. The van der Waals surface area contributed by atoms with Crippen molar-refractivity contribution in [2.24, 2.45) is 0 Å². The molecule has 1 aliphatic carbocycles. The minimum absolute atomic E-state index is 0.117. The minimum Gasteiger partial charge on any atom is -0.396 e. The molecule has 5 heteroatoms. The van der Waals surface area contributed by atoms with Crippen molar-refractivity contribution in [1.82, 2.24) is 4.90 Å². The van der Waals surface area contributed by atoms with Crippen molar-refractivity contribution in [3.8, 4) is 6.07 Å². The molecular weight excluding hydrogens is 266 g/mol. The lowest BCUT2D eigenvalue weighted by atomic mass is 10.1. The van der Waals surface area contributed by atoms with Gasteiger partial charge in [-0.15, -0.1) is 0 Å². The Bertz CT molecular complexity index is 547. The highest BCUT2D eigenvalue weighted by molar-refractivity contribution is 5.90.